The molecule has 3 nitrogen and oxygen atoms in total. The maximum absolute atomic E-state index is 12.3. The van der Waals surface area contributed by atoms with Crippen molar-refractivity contribution in [3.05, 3.63) is 41.7 Å². The van der Waals surface area contributed by atoms with E-state index in [1.165, 1.54) is 6.07 Å². The second kappa shape index (κ2) is 7.24. The molecule has 110 valence electrons. The van der Waals surface area contributed by atoms with Gasteiger partial charge in [0.05, 0.1) is 18.9 Å². The van der Waals surface area contributed by atoms with Crippen molar-refractivity contribution in [2.75, 3.05) is 13.2 Å². The van der Waals surface area contributed by atoms with E-state index in [9.17, 15) is 8.78 Å². The van der Waals surface area contributed by atoms with E-state index in [0.29, 0.717) is 0 Å². The van der Waals surface area contributed by atoms with E-state index in [0.717, 1.165) is 37.1 Å². The minimum atomic E-state index is -2.81. The molecule has 0 saturated carbocycles. The first-order valence-corrected chi connectivity index (χ1v) is 6.79. The van der Waals surface area contributed by atoms with Gasteiger partial charge in [-0.2, -0.15) is 8.78 Å². The molecule has 0 aromatic heterocycles. The Kier molecular flexibility index (Phi) is 5.35. The SMILES string of the molecule is CCNC(C1=COCCC1)c1cccc(OC(F)F)c1. The van der Waals surface area contributed by atoms with Gasteiger partial charge in [0, 0.05) is 0 Å². The topological polar surface area (TPSA) is 30.5 Å². The van der Waals surface area contributed by atoms with E-state index in [1.54, 1.807) is 18.4 Å². The normalized spacial score (nSPS) is 16.5. The Morgan fingerprint density at radius 3 is 2.90 bits per heavy atom. The monoisotopic (exact) mass is 283 g/mol. The lowest BCUT2D eigenvalue weighted by atomic mass is 9.95. The third-order valence-corrected chi connectivity index (χ3v) is 3.16. The molecule has 1 N–H and O–H groups in total. The van der Waals surface area contributed by atoms with Crippen molar-refractivity contribution < 1.29 is 18.3 Å². The summed E-state index contributed by atoms with van der Waals surface area (Å²) in [5, 5.41) is 3.36. The van der Waals surface area contributed by atoms with Crippen LogP contribution in [0.5, 0.6) is 5.75 Å². The lowest BCUT2D eigenvalue weighted by Crippen LogP contribution is -2.24. The lowest BCUT2D eigenvalue weighted by molar-refractivity contribution is -0.0499. The van der Waals surface area contributed by atoms with Crippen molar-refractivity contribution in [3.63, 3.8) is 0 Å². The van der Waals surface area contributed by atoms with Crippen molar-refractivity contribution in [3.8, 4) is 5.75 Å². The van der Waals surface area contributed by atoms with Crippen molar-refractivity contribution >= 4 is 0 Å². The zero-order valence-electron chi connectivity index (χ0n) is 11.4. The molecule has 5 heteroatoms. The van der Waals surface area contributed by atoms with Crippen LogP contribution >= 0.6 is 0 Å². The van der Waals surface area contributed by atoms with Gasteiger partial charge in [0.2, 0.25) is 0 Å². The molecule has 1 unspecified atom stereocenters. The summed E-state index contributed by atoms with van der Waals surface area (Å²) < 4.78 is 34.4. The third-order valence-electron chi connectivity index (χ3n) is 3.16. The van der Waals surface area contributed by atoms with Crippen LogP contribution in [0.4, 0.5) is 8.78 Å². The zero-order chi connectivity index (χ0) is 14.4. The molecule has 1 aliphatic heterocycles. The Hall–Kier alpha value is -1.62. The predicted octanol–water partition coefficient (Wildman–Crippen LogP) is 3.63. The van der Waals surface area contributed by atoms with Gasteiger partial charge in [0.25, 0.3) is 0 Å². The Labute approximate surface area is 117 Å². The summed E-state index contributed by atoms with van der Waals surface area (Å²) in [6, 6.07) is 6.78. The number of alkyl halides is 2. The zero-order valence-corrected chi connectivity index (χ0v) is 11.4. The predicted molar refractivity (Wildman–Crippen MR) is 72.8 cm³/mol. The Bertz CT molecular complexity index is 463. The molecule has 1 atom stereocenters. The molecule has 1 aromatic rings. The van der Waals surface area contributed by atoms with Gasteiger partial charge < -0.3 is 14.8 Å². The number of likely N-dealkylation sites (N-methyl/N-ethyl adjacent to an activating group) is 1. The van der Waals surface area contributed by atoms with Crippen LogP contribution < -0.4 is 10.1 Å². The van der Waals surface area contributed by atoms with E-state index in [-0.39, 0.29) is 11.8 Å². The summed E-state index contributed by atoms with van der Waals surface area (Å²) in [7, 11) is 0. The standard InChI is InChI=1S/C15H19F2NO2/c1-2-18-14(12-6-4-8-19-10-12)11-5-3-7-13(9-11)20-15(16)17/h3,5,7,9-10,14-15,18H,2,4,6,8H2,1H3. The second-order valence-electron chi connectivity index (χ2n) is 4.61. The molecule has 0 aliphatic carbocycles. The molecule has 0 saturated heterocycles. The van der Waals surface area contributed by atoms with E-state index in [4.69, 9.17) is 4.74 Å². The summed E-state index contributed by atoms with van der Waals surface area (Å²) in [6.45, 7) is 0.718. The highest BCUT2D eigenvalue weighted by molar-refractivity contribution is 5.35. The van der Waals surface area contributed by atoms with Crippen molar-refractivity contribution in [1.29, 1.82) is 0 Å². The number of nitrogens with one attached hydrogen (secondary N) is 1. The van der Waals surface area contributed by atoms with Crippen LogP contribution in [-0.4, -0.2) is 19.8 Å². The minimum absolute atomic E-state index is 0.0264. The maximum atomic E-state index is 12.3. The number of rotatable bonds is 6. The molecule has 1 heterocycles. The van der Waals surface area contributed by atoms with Crippen LogP contribution in [0.25, 0.3) is 0 Å². The van der Waals surface area contributed by atoms with E-state index in [2.05, 4.69) is 10.1 Å². The quantitative estimate of drug-likeness (QED) is 0.864. The molecule has 0 spiro atoms. The first-order valence-electron chi connectivity index (χ1n) is 6.79. The van der Waals surface area contributed by atoms with E-state index < -0.39 is 6.61 Å². The van der Waals surface area contributed by atoms with Gasteiger partial charge in [-0.1, -0.05) is 19.1 Å². The Morgan fingerprint density at radius 2 is 2.25 bits per heavy atom. The van der Waals surface area contributed by atoms with Gasteiger partial charge in [0.1, 0.15) is 5.75 Å². The second-order valence-corrected chi connectivity index (χ2v) is 4.61. The van der Waals surface area contributed by atoms with Crippen LogP contribution in [0.1, 0.15) is 31.4 Å². The molecule has 1 aliphatic rings. The number of benzene rings is 1. The van der Waals surface area contributed by atoms with Crippen LogP contribution in [0.2, 0.25) is 0 Å². The highest BCUT2D eigenvalue weighted by atomic mass is 19.3. The minimum Gasteiger partial charge on any atom is -0.501 e. The molecular weight excluding hydrogens is 264 g/mol. The summed E-state index contributed by atoms with van der Waals surface area (Å²) in [4.78, 5) is 0. The van der Waals surface area contributed by atoms with Crippen LogP contribution in [0.3, 0.4) is 0 Å². The van der Waals surface area contributed by atoms with Crippen LogP contribution in [0.15, 0.2) is 36.1 Å². The van der Waals surface area contributed by atoms with Gasteiger partial charge in [-0.05, 0) is 42.7 Å². The first-order chi connectivity index (χ1) is 9.70. The lowest BCUT2D eigenvalue weighted by Gasteiger charge is -2.24. The summed E-state index contributed by atoms with van der Waals surface area (Å²) in [5.74, 6) is 0.178. The fourth-order valence-electron chi connectivity index (χ4n) is 2.33. The van der Waals surface area contributed by atoms with Crippen molar-refractivity contribution in [1.82, 2.24) is 5.32 Å². The van der Waals surface area contributed by atoms with Gasteiger partial charge in [-0.3, -0.25) is 0 Å². The molecule has 1 aromatic carbocycles. The van der Waals surface area contributed by atoms with E-state index >= 15 is 0 Å². The van der Waals surface area contributed by atoms with Crippen molar-refractivity contribution in [2.45, 2.75) is 32.4 Å². The molecule has 0 bridgehead atoms. The summed E-state index contributed by atoms with van der Waals surface area (Å²) in [6.07, 6.45) is 3.69. The molecule has 0 radical (unpaired) electrons. The Morgan fingerprint density at radius 1 is 1.40 bits per heavy atom. The number of ether oxygens (including phenoxy) is 2. The Balaban J connectivity index is 2.22. The maximum Gasteiger partial charge on any atom is 0.387 e. The number of hydrogen-bond donors (Lipinski definition) is 1. The number of halogens is 2. The fraction of sp³-hybridized carbons (Fsp3) is 0.467. The smallest absolute Gasteiger partial charge is 0.387 e. The average molecular weight is 283 g/mol. The van der Waals surface area contributed by atoms with Gasteiger partial charge in [-0.15, -0.1) is 0 Å². The van der Waals surface area contributed by atoms with Gasteiger partial charge in [-0.25, -0.2) is 0 Å². The first kappa shape index (κ1) is 14.8. The number of hydrogen-bond acceptors (Lipinski definition) is 3. The van der Waals surface area contributed by atoms with Crippen LogP contribution in [-0.2, 0) is 4.74 Å². The summed E-state index contributed by atoms with van der Waals surface area (Å²) >= 11 is 0. The summed E-state index contributed by atoms with van der Waals surface area (Å²) in [5.41, 5.74) is 2.04. The third kappa shape index (κ3) is 3.93. The van der Waals surface area contributed by atoms with Gasteiger partial charge >= 0.3 is 6.61 Å². The van der Waals surface area contributed by atoms with Gasteiger partial charge in [0.15, 0.2) is 0 Å². The highest BCUT2D eigenvalue weighted by Crippen LogP contribution is 2.29. The molecule has 20 heavy (non-hydrogen) atoms. The largest absolute Gasteiger partial charge is 0.501 e. The highest BCUT2D eigenvalue weighted by Gasteiger charge is 2.19. The fourth-order valence-corrected chi connectivity index (χ4v) is 2.33. The molecule has 2 rings (SSSR count). The average Bonchev–Trinajstić information content (AvgIpc) is 2.45. The van der Waals surface area contributed by atoms with E-state index in [1.807, 2.05) is 13.0 Å². The molecule has 0 fully saturated rings. The molecule has 0 amide bonds. The van der Waals surface area contributed by atoms with Crippen LogP contribution in [0, 0.1) is 0 Å². The van der Waals surface area contributed by atoms with Crippen molar-refractivity contribution in [2.24, 2.45) is 0 Å². The molecular formula is C15H19F2NO2.